The lowest BCUT2D eigenvalue weighted by Gasteiger charge is -2.12. The number of nitrogens with one attached hydrogen (secondary N) is 1. The van der Waals surface area contributed by atoms with Crippen LogP contribution in [0, 0.1) is 0 Å². The molecule has 126 valence electrons. The van der Waals surface area contributed by atoms with Gasteiger partial charge in [0.05, 0.1) is 0 Å². The van der Waals surface area contributed by atoms with Gasteiger partial charge >= 0.3 is 0 Å². The van der Waals surface area contributed by atoms with Gasteiger partial charge in [-0.15, -0.1) is 11.8 Å². The van der Waals surface area contributed by atoms with Crippen LogP contribution >= 0.6 is 11.8 Å². The van der Waals surface area contributed by atoms with Gasteiger partial charge in [-0.3, -0.25) is 4.99 Å². The predicted molar refractivity (Wildman–Crippen MR) is 98.7 cm³/mol. The van der Waals surface area contributed by atoms with Crippen LogP contribution in [0.15, 0.2) is 33.8 Å². The highest BCUT2D eigenvalue weighted by atomic mass is 32.2. The molecule has 1 atom stereocenters. The molecule has 0 fully saturated rings. The molecular weight excluding hydrogens is 308 g/mol. The third kappa shape index (κ3) is 5.01. The van der Waals surface area contributed by atoms with Gasteiger partial charge in [0.15, 0.2) is 11.5 Å². The van der Waals surface area contributed by atoms with Gasteiger partial charge in [0, 0.05) is 22.9 Å². The summed E-state index contributed by atoms with van der Waals surface area (Å²) < 4.78 is 10.8. The number of fused-ring (bicyclic) bond motifs is 1. The van der Waals surface area contributed by atoms with Gasteiger partial charge in [-0.2, -0.15) is 0 Å². The van der Waals surface area contributed by atoms with Crippen LogP contribution in [-0.4, -0.2) is 32.4 Å². The van der Waals surface area contributed by atoms with E-state index in [1.165, 1.54) is 10.5 Å². The number of rotatable bonds is 8. The summed E-state index contributed by atoms with van der Waals surface area (Å²) in [5.41, 5.74) is 2.32. The maximum absolute atomic E-state index is 5.44. The summed E-state index contributed by atoms with van der Waals surface area (Å²) in [7, 11) is 1.96. The molecule has 0 saturated heterocycles. The fourth-order valence-corrected chi connectivity index (χ4v) is 3.24. The first-order chi connectivity index (χ1) is 11.2. The van der Waals surface area contributed by atoms with Crippen molar-refractivity contribution in [3.05, 3.63) is 34.4 Å². The van der Waals surface area contributed by atoms with Gasteiger partial charge in [-0.25, -0.2) is 0 Å². The Morgan fingerprint density at radius 2 is 2.17 bits per heavy atom. The van der Waals surface area contributed by atoms with Crippen molar-refractivity contribution < 1.29 is 9.47 Å². The van der Waals surface area contributed by atoms with E-state index < -0.39 is 0 Å². The van der Waals surface area contributed by atoms with Crippen molar-refractivity contribution in [3.63, 3.8) is 0 Å². The van der Waals surface area contributed by atoms with E-state index >= 15 is 0 Å². The molecule has 23 heavy (non-hydrogen) atoms. The average Bonchev–Trinajstić information content (AvgIpc) is 3.03. The lowest BCUT2D eigenvalue weighted by molar-refractivity contribution is 0.174. The SMILES string of the molecule is CCC/C(SC)=C(\C)N=CC(Cc1ccc2c(c1)OCO2)NC. The molecule has 1 aliphatic rings. The van der Waals surface area contributed by atoms with Gasteiger partial charge in [-0.05, 0) is 50.8 Å². The molecule has 0 radical (unpaired) electrons. The van der Waals surface area contributed by atoms with E-state index in [-0.39, 0.29) is 6.04 Å². The summed E-state index contributed by atoms with van der Waals surface area (Å²) in [6, 6.07) is 6.29. The van der Waals surface area contributed by atoms with E-state index in [4.69, 9.17) is 9.47 Å². The number of ether oxygens (including phenoxy) is 2. The summed E-state index contributed by atoms with van der Waals surface area (Å²) in [5.74, 6) is 1.66. The minimum absolute atomic E-state index is 0.190. The first-order valence-corrected chi connectivity index (χ1v) is 9.24. The lowest BCUT2D eigenvalue weighted by Crippen LogP contribution is -2.29. The molecule has 4 nitrogen and oxygen atoms in total. The zero-order valence-corrected chi connectivity index (χ0v) is 15.2. The molecule has 1 N–H and O–H groups in total. The highest BCUT2D eigenvalue weighted by molar-refractivity contribution is 8.02. The Morgan fingerprint density at radius 3 is 2.87 bits per heavy atom. The molecule has 0 amide bonds. The number of nitrogens with zero attached hydrogens (tertiary/aromatic N) is 1. The summed E-state index contributed by atoms with van der Waals surface area (Å²) >= 11 is 1.79. The molecule has 5 heteroatoms. The number of hydrogen-bond acceptors (Lipinski definition) is 5. The number of hydrogen-bond donors (Lipinski definition) is 1. The van der Waals surface area contributed by atoms with E-state index in [0.717, 1.165) is 36.5 Å². The lowest BCUT2D eigenvalue weighted by atomic mass is 10.1. The molecule has 0 spiro atoms. The maximum atomic E-state index is 5.44. The normalized spacial score (nSPS) is 15.8. The molecule has 1 aromatic rings. The molecular formula is C18H26N2O2S. The average molecular weight is 334 g/mol. The Kier molecular flexibility index (Phi) is 6.99. The standard InChI is InChI=1S/C18H26N2O2S/c1-5-6-18(23-4)13(2)20-11-15(19-3)9-14-7-8-16-17(10-14)22-12-21-16/h7-8,10-11,15,19H,5-6,9,12H2,1-4H3/b18-13-,20-11?. The monoisotopic (exact) mass is 334 g/mol. The smallest absolute Gasteiger partial charge is 0.231 e. The molecule has 0 aliphatic carbocycles. The zero-order chi connectivity index (χ0) is 16.7. The van der Waals surface area contributed by atoms with E-state index in [1.807, 2.05) is 25.4 Å². The number of allylic oxidation sites excluding steroid dienone is 2. The maximum Gasteiger partial charge on any atom is 0.231 e. The van der Waals surface area contributed by atoms with Crippen LogP contribution in [0.25, 0.3) is 0 Å². The second-order valence-electron chi connectivity index (χ2n) is 5.53. The van der Waals surface area contributed by atoms with Gasteiger partial charge in [0.2, 0.25) is 6.79 Å². The number of benzene rings is 1. The van der Waals surface area contributed by atoms with Gasteiger partial charge < -0.3 is 14.8 Å². The van der Waals surface area contributed by atoms with E-state index in [1.54, 1.807) is 11.8 Å². The number of thioether (sulfide) groups is 1. The quantitative estimate of drug-likeness (QED) is 0.730. The molecule has 0 aromatic heterocycles. The van der Waals surface area contributed by atoms with Gasteiger partial charge in [0.1, 0.15) is 0 Å². The second-order valence-corrected chi connectivity index (χ2v) is 6.43. The van der Waals surface area contributed by atoms with Gasteiger partial charge in [-0.1, -0.05) is 19.4 Å². The van der Waals surface area contributed by atoms with Crippen molar-refractivity contribution in [1.82, 2.24) is 5.32 Å². The molecule has 0 saturated carbocycles. The van der Waals surface area contributed by atoms with E-state index in [2.05, 4.69) is 36.5 Å². The Balaban J connectivity index is 2.04. The second kappa shape index (κ2) is 8.99. The third-order valence-corrected chi connectivity index (χ3v) is 4.83. The Labute approximate surface area is 143 Å². The fourth-order valence-electron chi connectivity index (χ4n) is 2.48. The van der Waals surface area contributed by atoms with Crippen molar-refractivity contribution in [2.45, 2.75) is 39.2 Å². The van der Waals surface area contributed by atoms with Crippen molar-refractivity contribution in [2.24, 2.45) is 4.99 Å². The van der Waals surface area contributed by atoms with Gasteiger partial charge in [0.25, 0.3) is 0 Å². The van der Waals surface area contributed by atoms with Crippen molar-refractivity contribution >= 4 is 18.0 Å². The van der Waals surface area contributed by atoms with Crippen LogP contribution < -0.4 is 14.8 Å². The van der Waals surface area contributed by atoms with Crippen LogP contribution in [0.1, 0.15) is 32.3 Å². The Morgan fingerprint density at radius 1 is 1.39 bits per heavy atom. The number of likely N-dealkylation sites (N-methyl/N-ethyl adjacent to an activating group) is 1. The molecule has 1 unspecified atom stereocenters. The van der Waals surface area contributed by atoms with Crippen LogP contribution in [0.5, 0.6) is 11.5 Å². The Bertz CT molecular complexity index is 584. The van der Waals surface area contributed by atoms with E-state index in [0.29, 0.717) is 6.79 Å². The largest absolute Gasteiger partial charge is 0.454 e. The van der Waals surface area contributed by atoms with Crippen molar-refractivity contribution in [3.8, 4) is 11.5 Å². The summed E-state index contributed by atoms with van der Waals surface area (Å²) in [6.07, 6.45) is 7.23. The van der Waals surface area contributed by atoms with Crippen molar-refractivity contribution in [2.75, 3.05) is 20.1 Å². The number of aliphatic imine (C=N–C) groups is 1. The Hall–Kier alpha value is -1.46. The first-order valence-electron chi connectivity index (χ1n) is 8.01. The first kappa shape index (κ1) is 17.9. The predicted octanol–water partition coefficient (Wildman–Crippen LogP) is 4.01. The van der Waals surface area contributed by atoms with Crippen molar-refractivity contribution in [1.29, 1.82) is 0 Å². The molecule has 1 aliphatic heterocycles. The molecule has 2 rings (SSSR count). The summed E-state index contributed by atoms with van der Waals surface area (Å²) in [4.78, 5) is 6.03. The van der Waals surface area contributed by atoms with Crippen LogP contribution in [0.4, 0.5) is 0 Å². The van der Waals surface area contributed by atoms with Crippen LogP contribution in [0.2, 0.25) is 0 Å². The summed E-state index contributed by atoms with van der Waals surface area (Å²) in [5, 5.41) is 3.31. The molecule has 0 bridgehead atoms. The molecule has 1 aromatic carbocycles. The van der Waals surface area contributed by atoms with E-state index in [9.17, 15) is 0 Å². The minimum Gasteiger partial charge on any atom is -0.454 e. The highest BCUT2D eigenvalue weighted by Crippen LogP contribution is 2.32. The third-order valence-electron chi connectivity index (χ3n) is 3.84. The highest BCUT2D eigenvalue weighted by Gasteiger charge is 2.14. The zero-order valence-electron chi connectivity index (χ0n) is 14.4. The van der Waals surface area contributed by atoms with Crippen LogP contribution in [0.3, 0.4) is 0 Å². The topological polar surface area (TPSA) is 42.9 Å². The molecule has 1 heterocycles. The fraction of sp³-hybridized carbons (Fsp3) is 0.500. The summed E-state index contributed by atoms with van der Waals surface area (Å²) in [6.45, 7) is 4.60. The van der Waals surface area contributed by atoms with Crippen LogP contribution in [-0.2, 0) is 6.42 Å². The minimum atomic E-state index is 0.190.